The molecular formula is C14H15N3O3. The molecule has 3 amide bonds. The van der Waals surface area contributed by atoms with Crippen LogP contribution in [0.25, 0.3) is 0 Å². The molecule has 1 atom stereocenters. The first kappa shape index (κ1) is 12.7. The van der Waals surface area contributed by atoms with E-state index in [2.05, 4.69) is 10.6 Å². The molecule has 1 unspecified atom stereocenters. The molecule has 1 fully saturated rings. The lowest BCUT2D eigenvalue weighted by Crippen LogP contribution is -2.47. The zero-order valence-electron chi connectivity index (χ0n) is 11.1. The van der Waals surface area contributed by atoms with Gasteiger partial charge < -0.3 is 10.2 Å². The molecule has 2 N–H and O–H groups in total. The van der Waals surface area contributed by atoms with Crippen molar-refractivity contribution in [3.63, 3.8) is 0 Å². The maximum absolute atomic E-state index is 12.1. The molecule has 6 nitrogen and oxygen atoms in total. The molecule has 0 aromatic heterocycles. The normalized spacial score (nSPS) is 21.8. The van der Waals surface area contributed by atoms with Crippen molar-refractivity contribution in [2.45, 2.75) is 25.4 Å². The average Bonchev–Trinajstić information content (AvgIpc) is 2.69. The predicted octanol–water partition coefficient (Wildman–Crippen LogP) is 0.489. The Kier molecular flexibility index (Phi) is 2.93. The van der Waals surface area contributed by atoms with E-state index >= 15 is 0 Å². The van der Waals surface area contributed by atoms with Crippen molar-refractivity contribution in [1.29, 1.82) is 0 Å². The van der Waals surface area contributed by atoms with Crippen molar-refractivity contribution in [2.24, 2.45) is 0 Å². The van der Waals surface area contributed by atoms with Gasteiger partial charge in [0, 0.05) is 25.7 Å². The molecule has 3 rings (SSSR count). The highest BCUT2D eigenvalue weighted by Crippen LogP contribution is 2.29. The predicted molar refractivity (Wildman–Crippen MR) is 72.0 cm³/mol. The number of piperidine rings is 1. The van der Waals surface area contributed by atoms with Crippen LogP contribution in [0.2, 0.25) is 0 Å². The van der Waals surface area contributed by atoms with E-state index in [0.29, 0.717) is 30.6 Å². The molecule has 104 valence electrons. The second-order valence-corrected chi connectivity index (χ2v) is 5.15. The quantitative estimate of drug-likeness (QED) is 0.769. The molecule has 0 aliphatic carbocycles. The first-order valence-electron chi connectivity index (χ1n) is 6.54. The van der Waals surface area contributed by atoms with E-state index in [0.717, 1.165) is 5.56 Å². The van der Waals surface area contributed by atoms with Crippen LogP contribution < -0.4 is 10.6 Å². The second kappa shape index (κ2) is 4.63. The van der Waals surface area contributed by atoms with Crippen molar-refractivity contribution in [3.8, 4) is 0 Å². The van der Waals surface area contributed by atoms with Crippen LogP contribution in [-0.2, 0) is 16.1 Å². The number of fused-ring (bicyclic) bond motifs is 1. The number of carbonyl (C=O) groups excluding carboxylic acids is 3. The highest BCUT2D eigenvalue weighted by atomic mass is 16.2. The summed E-state index contributed by atoms with van der Waals surface area (Å²) in [4.78, 5) is 36.7. The van der Waals surface area contributed by atoms with Gasteiger partial charge in [0.1, 0.15) is 6.04 Å². The van der Waals surface area contributed by atoms with E-state index in [1.807, 2.05) is 12.1 Å². The fraction of sp³-hybridized carbons (Fsp3) is 0.357. The van der Waals surface area contributed by atoms with Crippen molar-refractivity contribution in [2.75, 3.05) is 12.4 Å². The summed E-state index contributed by atoms with van der Waals surface area (Å²) in [5.41, 5.74) is 2.24. The summed E-state index contributed by atoms with van der Waals surface area (Å²) >= 11 is 0. The molecule has 0 spiro atoms. The van der Waals surface area contributed by atoms with Gasteiger partial charge >= 0.3 is 0 Å². The molecule has 0 bridgehead atoms. The number of benzene rings is 1. The Morgan fingerprint density at radius 1 is 1.30 bits per heavy atom. The highest BCUT2D eigenvalue weighted by molar-refractivity contribution is 6.05. The van der Waals surface area contributed by atoms with Crippen LogP contribution in [-0.4, -0.2) is 35.7 Å². The van der Waals surface area contributed by atoms with Crippen molar-refractivity contribution in [3.05, 3.63) is 29.3 Å². The van der Waals surface area contributed by atoms with Crippen LogP contribution in [0.3, 0.4) is 0 Å². The van der Waals surface area contributed by atoms with Crippen molar-refractivity contribution >= 4 is 23.4 Å². The first-order chi connectivity index (χ1) is 9.56. The molecule has 1 saturated heterocycles. The number of imide groups is 1. The minimum atomic E-state index is -0.474. The van der Waals surface area contributed by atoms with E-state index in [9.17, 15) is 14.4 Å². The number of nitrogens with zero attached hydrogens (tertiary/aromatic N) is 1. The Labute approximate surface area is 116 Å². The summed E-state index contributed by atoms with van der Waals surface area (Å²) < 4.78 is 0. The van der Waals surface area contributed by atoms with E-state index < -0.39 is 6.04 Å². The smallest absolute Gasteiger partial charge is 0.256 e. The summed E-state index contributed by atoms with van der Waals surface area (Å²) in [6, 6.07) is 5.09. The molecule has 1 aromatic rings. The zero-order valence-corrected chi connectivity index (χ0v) is 11.1. The van der Waals surface area contributed by atoms with Crippen molar-refractivity contribution in [1.82, 2.24) is 10.2 Å². The third kappa shape index (κ3) is 2.03. The van der Waals surface area contributed by atoms with Crippen LogP contribution >= 0.6 is 0 Å². The molecule has 0 radical (unpaired) electrons. The molecule has 20 heavy (non-hydrogen) atoms. The molecule has 6 heteroatoms. The number of anilines is 1. The number of hydrogen-bond donors (Lipinski definition) is 2. The molecule has 0 saturated carbocycles. The van der Waals surface area contributed by atoms with Crippen LogP contribution in [0, 0.1) is 0 Å². The third-order valence-electron chi connectivity index (χ3n) is 3.69. The maximum Gasteiger partial charge on any atom is 0.256 e. The number of rotatable bonds is 2. The Bertz CT molecular complexity index is 612. The lowest BCUT2D eigenvalue weighted by molar-refractivity contribution is -0.133. The second-order valence-electron chi connectivity index (χ2n) is 5.15. The van der Waals surface area contributed by atoms with Gasteiger partial charge in [0.2, 0.25) is 11.8 Å². The zero-order chi connectivity index (χ0) is 14.3. The summed E-state index contributed by atoms with van der Waals surface area (Å²) in [7, 11) is 1.75. The van der Waals surface area contributed by atoms with Gasteiger partial charge in [-0.05, 0) is 18.1 Å². The van der Waals surface area contributed by atoms with Gasteiger partial charge in [0.25, 0.3) is 5.91 Å². The Hall–Kier alpha value is -2.37. The summed E-state index contributed by atoms with van der Waals surface area (Å²) in [5, 5.41) is 5.39. The molecule has 1 aromatic carbocycles. The fourth-order valence-corrected chi connectivity index (χ4v) is 2.64. The van der Waals surface area contributed by atoms with Gasteiger partial charge in [-0.1, -0.05) is 12.1 Å². The monoisotopic (exact) mass is 273 g/mol. The largest absolute Gasteiger partial charge is 0.373 e. The van der Waals surface area contributed by atoms with Crippen LogP contribution in [0.4, 0.5) is 5.69 Å². The Morgan fingerprint density at radius 2 is 2.10 bits per heavy atom. The molecule has 2 aliphatic heterocycles. The average molecular weight is 273 g/mol. The number of hydrogen-bond acceptors (Lipinski definition) is 4. The Balaban J connectivity index is 1.86. The summed E-state index contributed by atoms with van der Waals surface area (Å²) in [6.45, 7) is 0.582. The molecule has 2 heterocycles. The van der Waals surface area contributed by atoms with Gasteiger partial charge in [0.05, 0.1) is 5.56 Å². The molecular weight excluding hydrogens is 258 g/mol. The minimum Gasteiger partial charge on any atom is -0.373 e. The SMILES string of the molecule is CN1Cc2cccc(NC3CCC(=O)NC3=O)c2C1=O. The van der Waals surface area contributed by atoms with Crippen LogP contribution in [0.5, 0.6) is 0 Å². The maximum atomic E-state index is 12.1. The van der Waals surface area contributed by atoms with Gasteiger partial charge in [-0.3, -0.25) is 19.7 Å². The van der Waals surface area contributed by atoms with Gasteiger partial charge in [-0.25, -0.2) is 0 Å². The van der Waals surface area contributed by atoms with Gasteiger partial charge in [-0.2, -0.15) is 0 Å². The van der Waals surface area contributed by atoms with E-state index in [1.54, 1.807) is 18.0 Å². The van der Waals surface area contributed by atoms with E-state index in [-0.39, 0.29) is 17.7 Å². The number of nitrogens with one attached hydrogen (secondary N) is 2. The summed E-state index contributed by atoms with van der Waals surface area (Å²) in [6.07, 6.45) is 0.755. The van der Waals surface area contributed by atoms with Gasteiger partial charge in [-0.15, -0.1) is 0 Å². The summed E-state index contributed by atoms with van der Waals surface area (Å²) in [5.74, 6) is -0.629. The van der Waals surface area contributed by atoms with E-state index in [1.165, 1.54) is 0 Å². The third-order valence-corrected chi connectivity index (χ3v) is 3.69. The highest BCUT2D eigenvalue weighted by Gasteiger charge is 2.31. The number of amides is 3. The van der Waals surface area contributed by atoms with Crippen LogP contribution in [0.1, 0.15) is 28.8 Å². The lowest BCUT2D eigenvalue weighted by atomic mass is 10.0. The fourth-order valence-electron chi connectivity index (χ4n) is 2.64. The Morgan fingerprint density at radius 3 is 2.85 bits per heavy atom. The standard InChI is InChI=1S/C14H15N3O3/c1-17-7-8-3-2-4-9(12(8)14(17)20)15-10-5-6-11(18)16-13(10)19/h2-4,10,15H,5-7H2,1H3,(H,16,18,19). The molecule has 2 aliphatic rings. The van der Waals surface area contributed by atoms with E-state index in [4.69, 9.17) is 0 Å². The topological polar surface area (TPSA) is 78.5 Å². The van der Waals surface area contributed by atoms with Gasteiger partial charge in [0.15, 0.2) is 0 Å². The lowest BCUT2D eigenvalue weighted by Gasteiger charge is -2.23. The first-order valence-corrected chi connectivity index (χ1v) is 6.54. The van der Waals surface area contributed by atoms with Crippen LogP contribution in [0.15, 0.2) is 18.2 Å². The number of carbonyl (C=O) groups is 3. The van der Waals surface area contributed by atoms with Crippen molar-refractivity contribution < 1.29 is 14.4 Å². The minimum absolute atomic E-state index is 0.0459.